The smallest absolute Gasteiger partial charge is 0.0880 e. The molecule has 0 N–H and O–H groups in total. The van der Waals surface area contributed by atoms with Crippen LogP contribution in [0.5, 0.6) is 0 Å². The molecule has 0 aliphatic heterocycles. The predicted octanol–water partition coefficient (Wildman–Crippen LogP) is 7.67. The van der Waals surface area contributed by atoms with E-state index in [1.54, 1.807) is 0 Å². The zero-order valence-corrected chi connectivity index (χ0v) is 18.1. The van der Waals surface area contributed by atoms with E-state index >= 15 is 0 Å². The summed E-state index contributed by atoms with van der Waals surface area (Å²) in [5.41, 5.74) is 0. The Morgan fingerprint density at radius 2 is 1.31 bits per heavy atom. The lowest BCUT2D eigenvalue weighted by molar-refractivity contribution is 1.19. The molecule has 0 bridgehead atoms. The number of aryl methyl sites for hydroxylation is 1. The first kappa shape index (κ1) is 15.4. The summed E-state index contributed by atoms with van der Waals surface area (Å²) in [5, 5.41) is 14.5. The van der Waals surface area contributed by atoms with E-state index in [4.69, 9.17) is 0 Å². The fourth-order valence-corrected chi connectivity index (χ4v) is 9.24. The molecule has 3 heteroatoms. The SMILES string of the molecule is CCc1cc2c3c(sc2s1)=c1ccc2c4c(ccc=3c14)=c1c=2sc2ccccc12. The molecule has 3 heterocycles. The van der Waals surface area contributed by atoms with Gasteiger partial charge in [0.05, 0.1) is 4.01 Å². The van der Waals surface area contributed by atoms with Gasteiger partial charge in [0.1, 0.15) is 0 Å². The number of hydrogen-bond acceptors (Lipinski definition) is 3. The Balaban J connectivity index is 1.75. The Bertz CT molecular complexity index is 2100. The minimum Gasteiger partial charge on any atom is -0.135 e. The molecule has 2 aliphatic rings. The molecule has 0 spiro atoms. The third kappa shape index (κ3) is 1.65. The fraction of sp³-hybridized carbons (Fsp3) is 0.0769. The van der Waals surface area contributed by atoms with Crippen molar-refractivity contribution in [3.05, 3.63) is 99.9 Å². The monoisotopic (exact) mass is 422 g/mol. The molecule has 0 atom stereocenters. The van der Waals surface area contributed by atoms with E-state index in [1.807, 2.05) is 34.0 Å². The van der Waals surface area contributed by atoms with Crippen LogP contribution in [0.2, 0.25) is 0 Å². The fourth-order valence-electron chi connectivity index (χ4n) is 5.36. The van der Waals surface area contributed by atoms with Gasteiger partial charge in [-0.15, -0.1) is 34.0 Å². The highest BCUT2D eigenvalue weighted by Gasteiger charge is 2.18. The Morgan fingerprint density at radius 1 is 0.655 bits per heavy atom. The summed E-state index contributed by atoms with van der Waals surface area (Å²) < 4.78 is 5.81. The normalized spacial score (nSPS) is 13.1. The van der Waals surface area contributed by atoms with Crippen molar-refractivity contribution in [1.29, 1.82) is 0 Å². The van der Waals surface area contributed by atoms with Crippen molar-refractivity contribution in [1.82, 2.24) is 0 Å². The summed E-state index contributed by atoms with van der Waals surface area (Å²) in [6, 6.07) is 20.9. The van der Waals surface area contributed by atoms with E-state index in [9.17, 15) is 0 Å². The summed E-state index contributed by atoms with van der Waals surface area (Å²) >= 11 is 5.92. The van der Waals surface area contributed by atoms with Crippen LogP contribution in [0.1, 0.15) is 11.8 Å². The van der Waals surface area contributed by atoms with Gasteiger partial charge >= 0.3 is 0 Å². The van der Waals surface area contributed by atoms with Crippen molar-refractivity contribution in [3.8, 4) is 0 Å². The van der Waals surface area contributed by atoms with Crippen LogP contribution in [-0.4, -0.2) is 0 Å². The maximum absolute atomic E-state index is 2.44. The van der Waals surface area contributed by atoms with Crippen molar-refractivity contribution in [3.63, 3.8) is 0 Å². The standard InChI is InChI=1S/C26H14S3/c1-2-12-11-18-23-15-8-7-14-20-16(24-22(14)13-5-3-4-6-19(13)28-24)9-10-17(21(15)20)25(23)29-26(18)27-12/h3-11H,2H2,1H3. The first-order valence-corrected chi connectivity index (χ1v) is 12.5. The summed E-state index contributed by atoms with van der Waals surface area (Å²) in [6.45, 7) is 2.26. The molecule has 3 aromatic heterocycles. The molecule has 0 nitrogen and oxygen atoms in total. The van der Waals surface area contributed by atoms with Crippen LogP contribution >= 0.6 is 34.0 Å². The molecule has 2 aliphatic carbocycles. The number of thiophene rings is 3. The average Bonchev–Trinajstić information content (AvgIpc) is 3.50. The van der Waals surface area contributed by atoms with Crippen LogP contribution in [0.3, 0.4) is 0 Å². The average molecular weight is 423 g/mol. The minimum atomic E-state index is 1.12. The highest BCUT2D eigenvalue weighted by Crippen LogP contribution is 2.40. The second kappa shape index (κ2) is 4.99. The van der Waals surface area contributed by atoms with Gasteiger partial charge in [0, 0.05) is 50.3 Å². The van der Waals surface area contributed by atoms with Crippen LogP contribution in [0.15, 0.2) is 54.6 Å². The largest absolute Gasteiger partial charge is 0.135 e. The van der Waals surface area contributed by atoms with Gasteiger partial charge in [0.25, 0.3) is 0 Å². The second-order valence-electron chi connectivity index (χ2n) is 7.95. The topological polar surface area (TPSA) is 0 Å². The first-order valence-electron chi connectivity index (χ1n) is 10.0. The van der Waals surface area contributed by atoms with Crippen molar-refractivity contribution >= 4 is 64.3 Å². The van der Waals surface area contributed by atoms with E-state index in [1.165, 1.54) is 75.5 Å². The highest BCUT2D eigenvalue weighted by atomic mass is 32.2. The van der Waals surface area contributed by atoms with E-state index < -0.39 is 0 Å². The number of fused-ring (bicyclic) bond motifs is 6. The van der Waals surface area contributed by atoms with Crippen LogP contribution in [0, 0.1) is 40.4 Å². The van der Waals surface area contributed by atoms with E-state index in [0.717, 1.165) is 6.42 Å². The summed E-state index contributed by atoms with van der Waals surface area (Å²) in [7, 11) is 0. The molecule has 0 saturated heterocycles. The lowest BCUT2D eigenvalue weighted by Crippen LogP contribution is -1.79. The summed E-state index contributed by atoms with van der Waals surface area (Å²) in [6.07, 6.45) is 1.12. The molecular weight excluding hydrogens is 408 g/mol. The predicted molar refractivity (Wildman–Crippen MR) is 126 cm³/mol. The molecule has 0 unspecified atom stereocenters. The quantitative estimate of drug-likeness (QED) is 0.255. The van der Waals surface area contributed by atoms with Crippen molar-refractivity contribution < 1.29 is 0 Å². The van der Waals surface area contributed by atoms with Crippen LogP contribution in [0.25, 0.3) is 30.3 Å². The van der Waals surface area contributed by atoms with Gasteiger partial charge in [0.15, 0.2) is 0 Å². The summed E-state index contributed by atoms with van der Waals surface area (Å²) in [5.74, 6) is 0. The first-order chi connectivity index (χ1) is 14.3. The lowest BCUT2D eigenvalue weighted by Gasteiger charge is -1.98. The minimum absolute atomic E-state index is 1.12. The molecule has 6 aromatic rings. The zero-order valence-electron chi connectivity index (χ0n) is 15.6. The second-order valence-corrected chi connectivity index (χ2v) is 11.4. The van der Waals surface area contributed by atoms with Gasteiger partial charge < -0.3 is 0 Å². The number of hydrogen-bond donors (Lipinski definition) is 0. The molecule has 3 aromatic carbocycles. The van der Waals surface area contributed by atoms with Crippen LogP contribution in [0.4, 0.5) is 0 Å². The molecule has 29 heavy (non-hydrogen) atoms. The number of rotatable bonds is 1. The van der Waals surface area contributed by atoms with Crippen molar-refractivity contribution in [2.45, 2.75) is 13.3 Å². The van der Waals surface area contributed by atoms with Crippen molar-refractivity contribution in [2.24, 2.45) is 0 Å². The number of benzene rings is 3. The third-order valence-corrected chi connectivity index (χ3v) is 10.4. The third-order valence-electron chi connectivity index (χ3n) is 6.57. The van der Waals surface area contributed by atoms with Crippen LogP contribution in [-0.2, 0) is 6.42 Å². The Labute approximate surface area is 176 Å². The van der Waals surface area contributed by atoms with Gasteiger partial charge in [-0.05, 0) is 39.8 Å². The summed E-state index contributed by atoms with van der Waals surface area (Å²) in [4.78, 5) is 1.50. The molecule has 0 amide bonds. The van der Waals surface area contributed by atoms with E-state index in [2.05, 4.69) is 61.5 Å². The zero-order chi connectivity index (χ0) is 18.9. The molecule has 0 radical (unpaired) electrons. The van der Waals surface area contributed by atoms with Gasteiger partial charge in [-0.2, -0.15) is 0 Å². The van der Waals surface area contributed by atoms with Gasteiger partial charge in [-0.1, -0.05) is 49.4 Å². The Morgan fingerprint density at radius 3 is 2.07 bits per heavy atom. The van der Waals surface area contributed by atoms with Crippen molar-refractivity contribution in [2.75, 3.05) is 0 Å². The Hall–Kier alpha value is -2.46. The van der Waals surface area contributed by atoms with E-state index in [0.29, 0.717) is 0 Å². The highest BCUT2D eigenvalue weighted by molar-refractivity contribution is 7.37. The Kier molecular flexibility index (Phi) is 2.65. The molecule has 8 rings (SSSR count). The molecule has 0 fully saturated rings. The molecule has 136 valence electrons. The maximum Gasteiger partial charge on any atom is 0.0880 e. The van der Waals surface area contributed by atoms with Crippen LogP contribution < -0.4 is 0 Å². The van der Waals surface area contributed by atoms with Gasteiger partial charge in [-0.3, -0.25) is 0 Å². The van der Waals surface area contributed by atoms with Gasteiger partial charge in [0.2, 0.25) is 0 Å². The van der Waals surface area contributed by atoms with Gasteiger partial charge in [-0.25, -0.2) is 0 Å². The molecule has 0 saturated carbocycles. The van der Waals surface area contributed by atoms with E-state index in [-0.39, 0.29) is 0 Å². The molecular formula is C26H14S3. The lowest BCUT2D eigenvalue weighted by atomic mass is 10.0. The maximum atomic E-state index is 2.44.